The van der Waals surface area contributed by atoms with Crippen LogP contribution in [0.25, 0.3) is 0 Å². The van der Waals surface area contributed by atoms with Crippen molar-refractivity contribution >= 4 is 17.5 Å². The van der Waals surface area contributed by atoms with Crippen molar-refractivity contribution in [1.29, 1.82) is 0 Å². The van der Waals surface area contributed by atoms with Gasteiger partial charge in [-0.1, -0.05) is 0 Å². The van der Waals surface area contributed by atoms with Crippen molar-refractivity contribution in [3.63, 3.8) is 0 Å². The van der Waals surface area contributed by atoms with Gasteiger partial charge in [-0.2, -0.15) is 5.10 Å². The van der Waals surface area contributed by atoms with Gasteiger partial charge in [-0.05, 0) is 19.9 Å². The van der Waals surface area contributed by atoms with E-state index in [4.69, 9.17) is 0 Å². The molecule has 0 bridgehead atoms. The molecule has 0 aliphatic rings. The minimum absolute atomic E-state index is 0.151. The molecular weight excluding hydrogens is 284 g/mol. The van der Waals surface area contributed by atoms with Crippen LogP contribution in [0.3, 0.4) is 0 Å². The van der Waals surface area contributed by atoms with Crippen LogP contribution in [0.4, 0.5) is 11.6 Å². The number of aryl methyl sites for hydroxylation is 3. The molecule has 2 heterocycles. The third-order valence-electron chi connectivity index (χ3n) is 3.09. The van der Waals surface area contributed by atoms with E-state index >= 15 is 0 Å². The molecule has 0 unspecified atom stereocenters. The molecule has 0 spiro atoms. The number of nitrogens with zero attached hydrogens (tertiary/aromatic N) is 5. The molecule has 22 heavy (non-hydrogen) atoms. The number of amides is 1. The summed E-state index contributed by atoms with van der Waals surface area (Å²) in [4.78, 5) is 34.0. The standard InChI is InChI=1S/C14H18N6O2/c1-8-12(9(2)16-14(15-8)19(3)4)17-13(22)10-6-7-11(21)20(5)18-10/h6-7H,1-5H3,(H,17,22). The van der Waals surface area contributed by atoms with Crippen LogP contribution in [0.1, 0.15) is 21.9 Å². The summed E-state index contributed by atoms with van der Waals surface area (Å²) in [7, 11) is 5.19. The Hall–Kier alpha value is -2.77. The van der Waals surface area contributed by atoms with Gasteiger partial charge in [0.2, 0.25) is 5.95 Å². The fraction of sp³-hybridized carbons (Fsp3) is 0.357. The summed E-state index contributed by atoms with van der Waals surface area (Å²) in [6.07, 6.45) is 0. The van der Waals surface area contributed by atoms with Crippen molar-refractivity contribution in [2.24, 2.45) is 7.05 Å². The van der Waals surface area contributed by atoms with Crippen LogP contribution in [0.5, 0.6) is 0 Å². The molecule has 0 radical (unpaired) electrons. The Morgan fingerprint density at radius 1 is 1.18 bits per heavy atom. The molecule has 0 saturated carbocycles. The van der Waals surface area contributed by atoms with Gasteiger partial charge in [0.05, 0.1) is 17.1 Å². The van der Waals surface area contributed by atoms with E-state index in [0.29, 0.717) is 23.0 Å². The first kappa shape index (κ1) is 15.6. The third-order valence-corrected chi connectivity index (χ3v) is 3.09. The highest BCUT2D eigenvalue weighted by Gasteiger charge is 2.15. The maximum atomic E-state index is 12.2. The Balaban J connectivity index is 2.32. The molecule has 0 aliphatic carbocycles. The number of carbonyl (C=O) groups is 1. The van der Waals surface area contributed by atoms with E-state index in [1.165, 1.54) is 19.2 Å². The number of aromatic nitrogens is 4. The average molecular weight is 302 g/mol. The Morgan fingerprint density at radius 3 is 2.27 bits per heavy atom. The molecule has 116 valence electrons. The fourth-order valence-corrected chi connectivity index (χ4v) is 1.88. The molecule has 0 aliphatic heterocycles. The zero-order valence-corrected chi connectivity index (χ0v) is 13.2. The van der Waals surface area contributed by atoms with Crippen LogP contribution in [0.2, 0.25) is 0 Å². The number of anilines is 2. The van der Waals surface area contributed by atoms with Gasteiger partial charge in [-0.25, -0.2) is 14.6 Å². The molecule has 0 aromatic carbocycles. The van der Waals surface area contributed by atoms with Crippen molar-refractivity contribution < 1.29 is 4.79 Å². The van der Waals surface area contributed by atoms with Crippen LogP contribution >= 0.6 is 0 Å². The monoisotopic (exact) mass is 302 g/mol. The first-order valence-corrected chi connectivity index (χ1v) is 6.68. The van der Waals surface area contributed by atoms with E-state index in [-0.39, 0.29) is 11.3 Å². The smallest absolute Gasteiger partial charge is 0.276 e. The number of nitrogens with one attached hydrogen (secondary N) is 1. The van der Waals surface area contributed by atoms with Crippen LogP contribution < -0.4 is 15.8 Å². The number of hydrogen-bond acceptors (Lipinski definition) is 6. The van der Waals surface area contributed by atoms with Crippen molar-refractivity contribution in [2.45, 2.75) is 13.8 Å². The topological polar surface area (TPSA) is 93.0 Å². The highest BCUT2D eigenvalue weighted by atomic mass is 16.2. The normalized spacial score (nSPS) is 10.4. The van der Waals surface area contributed by atoms with E-state index in [2.05, 4.69) is 20.4 Å². The molecule has 2 aromatic heterocycles. The minimum atomic E-state index is -0.414. The minimum Gasteiger partial charge on any atom is -0.347 e. The highest BCUT2D eigenvalue weighted by molar-refractivity contribution is 6.03. The quantitative estimate of drug-likeness (QED) is 0.887. The lowest BCUT2D eigenvalue weighted by molar-refractivity contribution is 0.102. The number of hydrogen-bond donors (Lipinski definition) is 1. The van der Waals surface area contributed by atoms with E-state index in [0.717, 1.165) is 4.68 Å². The Morgan fingerprint density at radius 2 is 1.77 bits per heavy atom. The Bertz CT molecular complexity index is 758. The molecule has 8 heteroatoms. The summed E-state index contributed by atoms with van der Waals surface area (Å²) in [5, 5.41) is 6.66. The van der Waals surface area contributed by atoms with Gasteiger partial charge in [0.1, 0.15) is 5.69 Å². The Kier molecular flexibility index (Phi) is 4.20. The van der Waals surface area contributed by atoms with Gasteiger partial charge in [-0.15, -0.1) is 0 Å². The number of rotatable bonds is 3. The summed E-state index contributed by atoms with van der Waals surface area (Å²) in [5.41, 5.74) is 1.75. The molecule has 0 fully saturated rings. The fourth-order valence-electron chi connectivity index (χ4n) is 1.88. The van der Waals surface area contributed by atoms with E-state index in [9.17, 15) is 9.59 Å². The van der Waals surface area contributed by atoms with E-state index in [1.807, 2.05) is 14.1 Å². The van der Waals surface area contributed by atoms with Gasteiger partial charge in [-0.3, -0.25) is 9.59 Å². The van der Waals surface area contributed by atoms with Gasteiger partial charge in [0, 0.05) is 27.2 Å². The number of carbonyl (C=O) groups excluding carboxylic acids is 1. The van der Waals surface area contributed by atoms with Crippen molar-refractivity contribution in [3.8, 4) is 0 Å². The maximum Gasteiger partial charge on any atom is 0.276 e. The van der Waals surface area contributed by atoms with Crippen LogP contribution in [0.15, 0.2) is 16.9 Å². The zero-order valence-electron chi connectivity index (χ0n) is 13.2. The summed E-state index contributed by atoms with van der Waals surface area (Å²) in [5.74, 6) is 0.163. The summed E-state index contributed by atoms with van der Waals surface area (Å²) < 4.78 is 1.11. The Labute approximate surface area is 127 Å². The second-order valence-corrected chi connectivity index (χ2v) is 5.10. The van der Waals surface area contributed by atoms with Crippen LogP contribution in [-0.2, 0) is 7.05 Å². The van der Waals surface area contributed by atoms with Crippen LogP contribution in [0, 0.1) is 13.8 Å². The zero-order chi connectivity index (χ0) is 16.4. The molecule has 0 atom stereocenters. The van der Waals surface area contributed by atoms with Gasteiger partial charge in [0.25, 0.3) is 11.5 Å². The third kappa shape index (κ3) is 3.11. The van der Waals surface area contributed by atoms with Crippen molar-refractivity contribution in [3.05, 3.63) is 39.6 Å². The van der Waals surface area contributed by atoms with Crippen LogP contribution in [-0.4, -0.2) is 39.8 Å². The first-order valence-electron chi connectivity index (χ1n) is 6.68. The van der Waals surface area contributed by atoms with Gasteiger partial charge < -0.3 is 10.2 Å². The average Bonchev–Trinajstić information content (AvgIpc) is 2.45. The summed E-state index contributed by atoms with van der Waals surface area (Å²) in [6.45, 7) is 3.59. The molecular formula is C14H18N6O2. The predicted molar refractivity (Wildman–Crippen MR) is 83.3 cm³/mol. The van der Waals surface area contributed by atoms with E-state index < -0.39 is 5.91 Å². The predicted octanol–water partition coefficient (Wildman–Crippen LogP) is 0.505. The molecule has 8 nitrogen and oxygen atoms in total. The lowest BCUT2D eigenvalue weighted by Crippen LogP contribution is -2.24. The summed E-state index contributed by atoms with van der Waals surface area (Å²) >= 11 is 0. The second kappa shape index (κ2) is 5.92. The molecule has 2 rings (SSSR count). The van der Waals surface area contributed by atoms with E-state index in [1.54, 1.807) is 18.7 Å². The highest BCUT2D eigenvalue weighted by Crippen LogP contribution is 2.20. The first-order chi connectivity index (χ1) is 10.3. The molecule has 2 aromatic rings. The largest absolute Gasteiger partial charge is 0.347 e. The van der Waals surface area contributed by atoms with Gasteiger partial charge in [0.15, 0.2) is 0 Å². The van der Waals surface area contributed by atoms with Crippen molar-refractivity contribution in [1.82, 2.24) is 19.7 Å². The molecule has 0 saturated heterocycles. The molecule has 1 N–H and O–H groups in total. The SMILES string of the molecule is Cc1nc(N(C)C)nc(C)c1NC(=O)c1ccc(=O)n(C)n1. The van der Waals surface area contributed by atoms with Crippen molar-refractivity contribution in [2.75, 3.05) is 24.3 Å². The van der Waals surface area contributed by atoms with Gasteiger partial charge >= 0.3 is 0 Å². The lowest BCUT2D eigenvalue weighted by Gasteiger charge is -2.15. The maximum absolute atomic E-state index is 12.2. The molecule has 1 amide bonds. The summed E-state index contributed by atoms with van der Waals surface area (Å²) in [6, 6.07) is 2.69. The lowest BCUT2D eigenvalue weighted by atomic mass is 10.2. The second-order valence-electron chi connectivity index (χ2n) is 5.10.